The van der Waals surface area contributed by atoms with Crippen LogP contribution < -0.4 is 11.0 Å². The van der Waals surface area contributed by atoms with Gasteiger partial charge < -0.3 is 5.32 Å². The minimum atomic E-state index is -2.87. The van der Waals surface area contributed by atoms with E-state index in [1.54, 1.807) is 18.3 Å². The summed E-state index contributed by atoms with van der Waals surface area (Å²) in [5, 5.41) is 7.38. The maximum Gasteiger partial charge on any atom is 0.350 e. The van der Waals surface area contributed by atoms with Crippen LogP contribution in [0.15, 0.2) is 29.2 Å². The molecule has 7 nitrogen and oxygen atoms in total. The summed E-state index contributed by atoms with van der Waals surface area (Å²) < 4.78 is 25.6. The summed E-state index contributed by atoms with van der Waals surface area (Å²) in [4.78, 5) is 12.0. The fourth-order valence-corrected chi connectivity index (χ4v) is 4.15. The first-order chi connectivity index (χ1) is 9.55. The van der Waals surface area contributed by atoms with Gasteiger partial charge in [0.15, 0.2) is 15.5 Å². The second-order valence-corrected chi connectivity index (χ2v) is 7.22. The van der Waals surface area contributed by atoms with Crippen molar-refractivity contribution in [2.45, 2.75) is 19.0 Å². The van der Waals surface area contributed by atoms with E-state index < -0.39 is 9.84 Å². The Hall–Kier alpha value is -1.67. The van der Waals surface area contributed by atoms with Gasteiger partial charge in [0.05, 0.1) is 18.1 Å². The third-order valence-corrected chi connectivity index (χ3v) is 5.25. The number of fused-ring (bicyclic) bond motifs is 1. The van der Waals surface area contributed by atoms with Gasteiger partial charge in [-0.05, 0) is 18.6 Å². The van der Waals surface area contributed by atoms with Gasteiger partial charge in [-0.15, -0.1) is 5.10 Å². The largest absolute Gasteiger partial charge is 0.350 e. The first-order valence-electron chi connectivity index (χ1n) is 6.53. The minimum absolute atomic E-state index is 0.00673. The van der Waals surface area contributed by atoms with E-state index in [4.69, 9.17) is 0 Å². The van der Waals surface area contributed by atoms with Crippen LogP contribution in [0.3, 0.4) is 0 Å². The molecule has 0 spiro atoms. The molecule has 1 saturated heterocycles. The van der Waals surface area contributed by atoms with Gasteiger partial charge in [-0.2, -0.15) is 0 Å². The van der Waals surface area contributed by atoms with E-state index in [0.29, 0.717) is 25.2 Å². The molecule has 2 aromatic heterocycles. The lowest BCUT2D eigenvalue weighted by Gasteiger charge is -2.09. The van der Waals surface area contributed by atoms with E-state index in [9.17, 15) is 13.2 Å². The molecule has 1 aliphatic rings. The van der Waals surface area contributed by atoms with Crippen LogP contribution in [0.5, 0.6) is 0 Å². The molecule has 1 fully saturated rings. The lowest BCUT2D eigenvalue weighted by Crippen LogP contribution is -2.34. The van der Waals surface area contributed by atoms with E-state index in [0.717, 1.165) is 0 Å². The number of hydrogen-bond acceptors (Lipinski definition) is 5. The fraction of sp³-hybridized carbons (Fsp3) is 0.500. The van der Waals surface area contributed by atoms with E-state index in [1.807, 2.05) is 6.07 Å². The number of hydrogen-bond donors (Lipinski definition) is 1. The molecule has 8 heteroatoms. The smallest absolute Gasteiger partial charge is 0.311 e. The third kappa shape index (κ3) is 2.61. The van der Waals surface area contributed by atoms with Crippen LogP contribution in [0.1, 0.15) is 6.42 Å². The summed E-state index contributed by atoms with van der Waals surface area (Å²) in [7, 11) is -2.87. The zero-order chi connectivity index (χ0) is 14.2. The molecule has 1 atom stereocenters. The van der Waals surface area contributed by atoms with Crippen molar-refractivity contribution in [3.63, 3.8) is 0 Å². The molecular formula is C12H16N4O3S. The van der Waals surface area contributed by atoms with Crippen molar-refractivity contribution in [3.8, 4) is 0 Å². The molecular weight excluding hydrogens is 280 g/mol. The average molecular weight is 296 g/mol. The van der Waals surface area contributed by atoms with E-state index >= 15 is 0 Å². The third-order valence-electron chi connectivity index (χ3n) is 3.48. The Kier molecular flexibility index (Phi) is 3.35. The summed E-state index contributed by atoms with van der Waals surface area (Å²) in [6, 6.07) is 5.37. The van der Waals surface area contributed by atoms with Crippen LogP contribution >= 0.6 is 0 Å². The predicted molar refractivity (Wildman–Crippen MR) is 74.5 cm³/mol. The molecule has 0 saturated carbocycles. The number of pyridine rings is 1. The van der Waals surface area contributed by atoms with E-state index in [1.165, 1.54) is 9.08 Å². The number of nitrogens with one attached hydrogen (secondary N) is 1. The number of nitrogens with zero attached hydrogens (tertiary/aromatic N) is 3. The second-order valence-electron chi connectivity index (χ2n) is 4.99. The summed E-state index contributed by atoms with van der Waals surface area (Å²) >= 11 is 0. The summed E-state index contributed by atoms with van der Waals surface area (Å²) in [5.41, 5.74) is 0.433. The molecule has 3 rings (SSSR count). The molecule has 3 heterocycles. The maximum atomic E-state index is 12.0. The van der Waals surface area contributed by atoms with Crippen LogP contribution in [0.2, 0.25) is 0 Å². The summed E-state index contributed by atoms with van der Waals surface area (Å²) in [6.45, 7) is 0.959. The zero-order valence-electron chi connectivity index (χ0n) is 10.9. The Bertz CT molecular complexity index is 777. The van der Waals surface area contributed by atoms with Gasteiger partial charge in [0, 0.05) is 18.8 Å². The van der Waals surface area contributed by atoms with Gasteiger partial charge in [0.2, 0.25) is 0 Å². The predicted octanol–water partition coefficient (Wildman–Crippen LogP) is -0.727. The van der Waals surface area contributed by atoms with Crippen molar-refractivity contribution in [3.05, 3.63) is 34.9 Å². The molecule has 1 aliphatic heterocycles. The highest BCUT2D eigenvalue weighted by atomic mass is 32.2. The maximum absolute atomic E-state index is 12.0. The van der Waals surface area contributed by atoms with Gasteiger partial charge >= 0.3 is 5.69 Å². The number of sulfone groups is 1. The Morgan fingerprint density at radius 1 is 1.40 bits per heavy atom. The number of aromatic nitrogens is 3. The fourth-order valence-electron chi connectivity index (χ4n) is 2.44. The van der Waals surface area contributed by atoms with Gasteiger partial charge in [-0.3, -0.25) is 4.40 Å². The Balaban J connectivity index is 1.63. The molecule has 0 amide bonds. The highest BCUT2D eigenvalue weighted by Crippen LogP contribution is 2.10. The second kappa shape index (κ2) is 5.02. The molecule has 2 aromatic rings. The minimum Gasteiger partial charge on any atom is -0.311 e. The van der Waals surface area contributed by atoms with Crippen LogP contribution in [-0.4, -0.2) is 46.7 Å². The molecule has 0 aromatic carbocycles. The van der Waals surface area contributed by atoms with Crippen LogP contribution in [0.4, 0.5) is 0 Å². The monoisotopic (exact) mass is 296 g/mol. The first kappa shape index (κ1) is 13.3. The molecule has 108 valence electrons. The van der Waals surface area contributed by atoms with Crippen molar-refractivity contribution < 1.29 is 8.42 Å². The van der Waals surface area contributed by atoms with Crippen molar-refractivity contribution in [2.24, 2.45) is 0 Å². The molecule has 0 radical (unpaired) electrons. The number of rotatable bonds is 4. The van der Waals surface area contributed by atoms with Crippen molar-refractivity contribution in [1.82, 2.24) is 19.5 Å². The van der Waals surface area contributed by atoms with Gasteiger partial charge in [0.25, 0.3) is 0 Å². The molecule has 1 N–H and O–H groups in total. The quantitative estimate of drug-likeness (QED) is 0.804. The van der Waals surface area contributed by atoms with E-state index in [2.05, 4.69) is 10.4 Å². The van der Waals surface area contributed by atoms with Crippen LogP contribution in [0, 0.1) is 0 Å². The van der Waals surface area contributed by atoms with Crippen LogP contribution in [-0.2, 0) is 16.4 Å². The summed E-state index contributed by atoms with van der Waals surface area (Å²) in [6.07, 6.45) is 2.32. The van der Waals surface area contributed by atoms with Crippen molar-refractivity contribution >= 4 is 15.5 Å². The van der Waals surface area contributed by atoms with Crippen molar-refractivity contribution in [2.75, 3.05) is 18.1 Å². The van der Waals surface area contributed by atoms with Gasteiger partial charge in [-0.1, -0.05) is 6.07 Å². The van der Waals surface area contributed by atoms with E-state index in [-0.39, 0.29) is 23.2 Å². The van der Waals surface area contributed by atoms with Gasteiger partial charge in [0.1, 0.15) is 0 Å². The highest BCUT2D eigenvalue weighted by molar-refractivity contribution is 7.91. The normalized spacial score (nSPS) is 21.5. The van der Waals surface area contributed by atoms with Crippen LogP contribution in [0.25, 0.3) is 5.65 Å². The first-order valence-corrected chi connectivity index (χ1v) is 8.35. The molecule has 0 bridgehead atoms. The molecule has 20 heavy (non-hydrogen) atoms. The molecule has 1 unspecified atom stereocenters. The SMILES string of the molecule is O=c1n(CCNC2CCS(=O)(=O)C2)nc2ccccn12. The Morgan fingerprint density at radius 2 is 2.25 bits per heavy atom. The average Bonchev–Trinajstić information content (AvgIpc) is 2.91. The summed E-state index contributed by atoms with van der Waals surface area (Å²) in [5.74, 6) is 0.437. The highest BCUT2D eigenvalue weighted by Gasteiger charge is 2.27. The topological polar surface area (TPSA) is 85.5 Å². The van der Waals surface area contributed by atoms with Crippen molar-refractivity contribution in [1.29, 1.82) is 0 Å². The standard InChI is InChI=1S/C12H16N4O3S/c17-12-15-6-2-1-3-11(15)14-16(12)7-5-13-10-4-8-20(18,19)9-10/h1-3,6,10,13H,4-5,7-9H2. The zero-order valence-corrected chi connectivity index (χ0v) is 11.7. The lowest BCUT2D eigenvalue weighted by atomic mass is 10.3. The Labute approximate surface area is 116 Å². The van der Waals surface area contributed by atoms with Gasteiger partial charge in [-0.25, -0.2) is 17.9 Å². The molecule has 0 aliphatic carbocycles. The Morgan fingerprint density at radius 3 is 2.95 bits per heavy atom. The lowest BCUT2D eigenvalue weighted by molar-refractivity contribution is 0.492.